The number of aryl methyl sites for hydroxylation is 1. The van der Waals surface area contributed by atoms with Crippen LogP contribution in [0.4, 0.5) is 24.7 Å². The van der Waals surface area contributed by atoms with Crippen LogP contribution in [-0.4, -0.2) is 33.1 Å². The molecule has 0 fully saturated rings. The lowest BCUT2D eigenvalue weighted by atomic mass is 10.0. The van der Waals surface area contributed by atoms with Gasteiger partial charge in [0.15, 0.2) is 0 Å². The molecule has 3 aromatic rings. The highest BCUT2D eigenvalue weighted by Gasteiger charge is 2.33. The minimum absolute atomic E-state index is 0.0463. The smallest absolute Gasteiger partial charge is 0.383 e. The molecule has 1 aliphatic heterocycles. The number of nitrogen functional groups attached to an aromatic ring is 1. The van der Waals surface area contributed by atoms with Gasteiger partial charge in [-0.25, -0.2) is 4.98 Å². The lowest BCUT2D eigenvalue weighted by Gasteiger charge is -2.18. The lowest BCUT2D eigenvalue weighted by molar-refractivity contribution is -0.141. The van der Waals surface area contributed by atoms with Gasteiger partial charge in [-0.15, -0.1) is 0 Å². The third-order valence-corrected chi connectivity index (χ3v) is 5.32. The van der Waals surface area contributed by atoms with Crippen LogP contribution in [0.15, 0.2) is 36.4 Å². The number of carbonyl (C=O) groups is 2. The molecule has 0 atom stereocenters. The number of anilines is 2. The molecular weight excluding hydrogens is 425 g/mol. The van der Waals surface area contributed by atoms with Gasteiger partial charge in [0.25, 0.3) is 5.91 Å². The van der Waals surface area contributed by atoms with Crippen LogP contribution in [0.25, 0.3) is 11.3 Å². The number of amides is 2. The number of hydrogen-bond acceptors (Lipinski definition) is 5. The maximum atomic E-state index is 12.9. The van der Waals surface area contributed by atoms with Gasteiger partial charge in [0.2, 0.25) is 5.91 Å². The Hall–Kier alpha value is -3.89. The average Bonchev–Trinajstić information content (AvgIpc) is 3.28. The average molecular weight is 444 g/mol. The second-order valence-corrected chi connectivity index (χ2v) is 7.42. The van der Waals surface area contributed by atoms with Gasteiger partial charge in [0, 0.05) is 24.8 Å². The number of hydrogen-bond donors (Lipinski definition) is 2. The Morgan fingerprint density at radius 1 is 1.19 bits per heavy atom. The van der Waals surface area contributed by atoms with Crippen LogP contribution in [0.1, 0.15) is 27.3 Å². The minimum Gasteiger partial charge on any atom is -0.383 e. The lowest BCUT2D eigenvalue weighted by Crippen LogP contribution is -2.30. The zero-order valence-corrected chi connectivity index (χ0v) is 17.0. The number of benzene rings is 1. The molecule has 0 bridgehead atoms. The number of aromatic nitrogens is 3. The molecule has 2 aromatic heterocycles. The highest BCUT2D eigenvalue weighted by molar-refractivity contribution is 6.03. The van der Waals surface area contributed by atoms with Crippen LogP contribution >= 0.6 is 0 Å². The quantitative estimate of drug-likeness (QED) is 0.640. The summed E-state index contributed by atoms with van der Waals surface area (Å²) in [4.78, 5) is 29.7. The van der Waals surface area contributed by atoms with Crippen LogP contribution in [0.3, 0.4) is 0 Å². The molecule has 1 aromatic carbocycles. The monoisotopic (exact) mass is 444 g/mol. The van der Waals surface area contributed by atoms with Gasteiger partial charge < -0.3 is 16.4 Å². The molecule has 2 amide bonds. The number of nitrogens with two attached hydrogens (primary N) is 2. The van der Waals surface area contributed by atoms with Crippen molar-refractivity contribution in [3.63, 3.8) is 0 Å². The maximum Gasteiger partial charge on any atom is 0.433 e. The largest absolute Gasteiger partial charge is 0.433 e. The van der Waals surface area contributed by atoms with Crippen LogP contribution < -0.4 is 16.4 Å². The SMILES string of the molecule is Cn1nc(-c2ccc3c(c2)CCN3C(=O)Cc2cccc(C(F)(F)F)n2)c(C(N)=O)c1N. The molecule has 1 aliphatic rings. The van der Waals surface area contributed by atoms with Gasteiger partial charge in [-0.3, -0.25) is 14.3 Å². The zero-order chi connectivity index (χ0) is 23.2. The summed E-state index contributed by atoms with van der Waals surface area (Å²) in [5.41, 5.74) is 12.9. The fraction of sp³-hybridized carbons (Fsp3) is 0.238. The first kappa shape index (κ1) is 21.3. The van der Waals surface area contributed by atoms with Crippen LogP contribution in [0.2, 0.25) is 0 Å². The van der Waals surface area contributed by atoms with Gasteiger partial charge in [-0.1, -0.05) is 12.1 Å². The molecule has 11 heteroatoms. The zero-order valence-electron chi connectivity index (χ0n) is 17.0. The summed E-state index contributed by atoms with van der Waals surface area (Å²) in [6, 6.07) is 8.71. The molecule has 0 radical (unpaired) electrons. The number of alkyl halides is 3. The van der Waals surface area contributed by atoms with E-state index < -0.39 is 17.8 Å². The molecular formula is C21H19F3N6O2. The minimum atomic E-state index is -4.58. The van der Waals surface area contributed by atoms with E-state index in [-0.39, 0.29) is 29.4 Å². The van der Waals surface area contributed by atoms with Gasteiger partial charge in [0.1, 0.15) is 22.8 Å². The first-order valence-corrected chi connectivity index (χ1v) is 9.65. The molecule has 3 heterocycles. The molecule has 0 spiro atoms. The summed E-state index contributed by atoms with van der Waals surface area (Å²) in [6.07, 6.45) is -4.29. The number of nitrogens with zero attached hydrogens (tertiary/aromatic N) is 4. The summed E-state index contributed by atoms with van der Waals surface area (Å²) >= 11 is 0. The van der Waals surface area contributed by atoms with Gasteiger partial charge in [-0.05, 0) is 36.2 Å². The normalized spacial score (nSPS) is 13.3. The summed E-state index contributed by atoms with van der Waals surface area (Å²) in [5.74, 6) is -0.905. The van der Waals surface area contributed by atoms with Crippen LogP contribution in [0.5, 0.6) is 0 Å². The number of primary amides is 1. The van der Waals surface area contributed by atoms with Crippen molar-refractivity contribution >= 4 is 23.3 Å². The van der Waals surface area contributed by atoms with E-state index in [0.29, 0.717) is 29.9 Å². The van der Waals surface area contributed by atoms with Crippen LogP contribution in [-0.2, 0) is 30.9 Å². The number of halogens is 3. The van der Waals surface area contributed by atoms with Crippen LogP contribution in [0, 0.1) is 0 Å². The second-order valence-electron chi connectivity index (χ2n) is 7.42. The van der Waals surface area contributed by atoms with Crippen molar-refractivity contribution in [2.45, 2.75) is 19.0 Å². The highest BCUT2D eigenvalue weighted by Crippen LogP contribution is 2.34. The van der Waals surface area contributed by atoms with Gasteiger partial charge in [-0.2, -0.15) is 18.3 Å². The van der Waals surface area contributed by atoms with Gasteiger partial charge in [0.05, 0.1) is 12.1 Å². The fourth-order valence-electron chi connectivity index (χ4n) is 3.78. The van der Waals surface area contributed by atoms with E-state index in [1.165, 1.54) is 21.7 Å². The van der Waals surface area contributed by atoms with E-state index in [1.54, 1.807) is 25.2 Å². The third kappa shape index (κ3) is 3.77. The van der Waals surface area contributed by atoms with E-state index >= 15 is 0 Å². The van der Waals surface area contributed by atoms with Crippen molar-refractivity contribution < 1.29 is 22.8 Å². The van der Waals surface area contributed by atoms with E-state index in [0.717, 1.165) is 11.6 Å². The van der Waals surface area contributed by atoms with Crippen molar-refractivity contribution in [2.75, 3.05) is 17.2 Å². The first-order chi connectivity index (χ1) is 15.1. The summed E-state index contributed by atoms with van der Waals surface area (Å²) < 4.78 is 40.0. The predicted molar refractivity (Wildman–Crippen MR) is 111 cm³/mol. The Bertz CT molecular complexity index is 1230. The summed E-state index contributed by atoms with van der Waals surface area (Å²) in [7, 11) is 1.60. The number of rotatable bonds is 4. The third-order valence-electron chi connectivity index (χ3n) is 5.32. The molecule has 0 saturated carbocycles. The Morgan fingerprint density at radius 3 is 2.62 bits per heavy atom. The predicted octanol–water partition coefficient (Wildman–Crippen LogP) is 2.31. The van der Waals surface area contributed by atoms with Crippen molar-refractivity contribution in [1.29, 1.82) is 0 Å². The van der Waals surface area contributed by atoms with E-state index in [4.69, 9.17) is 11.5 Å². The Labute approximate surface area is 180 Å². The maximum absolute atomic E-state index is 12.9. The molecule has 8 nitrogen and oxygen atoms in total. The molecule has 4 N–H and O–H groups in total. The fourth-order valence-corrected chi connectivity index (χ4v) is 3.78. The highest BCUT2D eigenvalue weighted by atomic mass is 19.4. The van der Waals surface area contributed by atoms with Crippen molar-refractivity contribution in [2.24, 2.45) is 12.8 Å². The summed E-state index contributed by atoms with van der Waals surface area (Å²) in [6.45, 7) is 0.379. The van der Waals surface area contributed by atoms with Crippen molar-refractivity contribution in [3.8, 4) is 11.3 Å². The molecule has 32 heavy (non-hydrogen) atoms. The Kier molecular flexibility index (Phi) is 5.11. The Morgan fingerprint density at radius 2 is 1.94 bits per heavy atom. The molecule has 0 unspecified atom stereocenters. The Balaban J connectivity index is 1.59. The number of pyridine rings is 1. The van der Waals surface area contributed by atoms with Crippen molar-refractivity contribution in [1.82, 2.24) is 14.8 Å². The molecule has 166 valence electrons. The second kappa shape index (κ2) is 7.66. The number of carbonyl (C=O) groups excluding carboxylic acids is 2. The first-order valence-electron chi connectivity index (χ1n) is 9.65. The van der Waals surface area contributed by atoms with E-state index in [9.17, 15) is 22.8 Å². The van der Waals surface area contributed by atoms with E-state index in [1.807, 2.05) is 0 Å². The topological polar surface area (TPSA) is 120 Å². The molecule has 0 saturated heterocycles. The number of fused-ring (bicyclic) bond motifs is 1. The van der Waals surface area contributed by atoms with Crippen molar-refractivity contribution in [3.05, 3.63) is 58.9 Å². The molecule has 4 rings (SSSR count). The van der Waals surface area contributed by atoms with Gasteiger partial charge >= 0.3 is 6.18 Å². The standard InChI is InChI=1S/C21H19F3N6O2/c1-29-19(25)17(20(26)32)18(28-29)12-5-6-14-11(9-12)7-8-30(14)16(31)10-13-3-2-4-15(27-13)21(22,23)24/h2-6,9H,7-8,10,25H2,1H3,(H2,26,32). The summed E-state index contributed by atoms with van der Waals surface area (Å²) in [5, 5.41) is 4.28. The van der Waals surface area contributed by atoms with E-state index in [2.05, 4.69) is 10.1 Å². The molecule has 0 aliphatic carbocycles.